The first-order valence-corrected chi connectivity index (χ1v) is 9.46. The van der Waals surface area contributed by atoms with Crippen LogP contribution in [0.15, 0.2) is 60.5 Å². The van der Waals surface area contributed by atoms with Crippen molar-refractivity contribution in [2.45, 2.75) is 0 Å². The Morgan fingerprint density at radius 2 is 1.96 bits per heavy atom. The highest BCUT2D eigenvalue weighted by molar-refractivity contribution is 7.14. The van der Waals surface area contributed by atoms with E-state index in [0.29, 0.717) is 29.3 Å². The molecule has 0 atom stereocenters. The van der Waals surface area contributed by atoms with Gasteiger partial charge in [-0.3, -0.25) is 4.79 Å². The maximum atomic E-state index is 12.6. The molecule has 0 saturated heterocycles. The molecule has 0 spiro atoms. The Labute approximate surface area is 167 Å². The molecule has 0 aliphatic rings. The van der Waals surface area contributed by atoms with Gasteiger partial charge in [0, 0.05) is 29.2 Å². The first kappa shape index (κ1) is 19.4. The third-order valence-electron chi connectivity index (χ3n) is 3.99. The number of nitrogens with zero attached hydrogens (tertiary/aromatic N) is 1. The fraction of sp³-hybridized carbons (Fsp3) is 0.143. The summed E-state index contributed by atoms with van der Waals surface area (Å²) in [5.74, 6) is 0.829. The molecule has 2 N–H and O–H groups in total. The van der Waals surface area contributed by atoms with Crippen LogP contribution in [0.5, 0.6) is 11.5 Å². The number of carbonyl (C=O) groups excluding carboxylic acids is 1. The summed E-state index contributed by atoms with van der Waals surface area (Å²) in [6.07, 6.45) is 1.79. The van der Waals surface area contributed by atoms with Gasteiger partial charge >= 0.3 is 0 Å². The number of aromatic nitrogens is 1. The first-order valence-electron chi connectivity index (χ1n) is 8.58. The number of hydrogen-bond donors (Lipinski definition) is 2. The van der Waals surface area contributed by atoms with Crippen molar-refractivity contribution in [2.75, 3.05) is 31.4 Å². The van der Waals surface area contributed by atoms with Gasteiger partial charge in [0.05, 0.1) is 25.5 Å². The average molecular weight is 395 g/mol. The van der Waals surface area contributed by atoms with Crippen molar-refractivity contribution in [1.82, 2.24) is 4.98 Å². The number of methoxy groups -OCH3 is 2. The molecule has 7 heteroatoms. The van der Waals surface area contributed by atoms with Gasteiger partial charge in [0.25, 0.3) is 5.91 Å². The third kappa shape index (κ3) is 4.50. The van der Waals surface area contributed by atoms with E-state index in [9.17, 15) is 4.79 Å². The summed E-state index contributed by atoms with van der Waals surface area (Å²) in [5.41, 5.74) is 2.98. The largest absolute Gasteiger partial charge is 0.497 e. The summed E-state index contributed by atoms with van der Waals surface area (Å²) in [6, 6.07) is 12.6. The maximum Gasteiger partial charge on any atom is 0.259 e. The normalized spacial score (nSPS) is 10.2. The Balaban J connectivity index is 1.71. The number of hydrogen-bond acceptors (Lipinski definition) is 6. The molecule has 0 radical (unpaired) electrons. The second-order valence-corrected chi connectivity index (χ2v) is 6.66. The van der Waals surface area contributed by atoms with E-state index in [0.717, 1.165) is 16.4 Å². The van der Waals surface area contributed by atoms with Gasteiger partial charge in [0.15, 0.2) is 5.13 Å². The van der Waals surface area contributed by atoms with E-state index in [1.807, 2.05) is 29.6 Å². The van der Waals surface area contributed by atoms with E-state index >= 15 is 0 Å². The molecule has 1 heterocycles. The van der Waals surface area contributed by atoms with Gasteiger partial charge < -0.3 is 20.1 Å². The first-order chi connectivity index (χ1) is 13.6. The SMILES string of the molecule is C=CCNc1nc(-c2ccc(NC(=O)c3ccc(OC)cc3OC)cc2)cs1. The zero-order chi connectivity index (χ0) is 19.9. The van der Waals surface area contributed by atoms with Crippen LogP contribution >= 0.6 is 11.3 Å². The lowest BCUT2D eigenvalue weighted by Gasteiger charge is -2.11. The van der Waals surface area contributed by atoms with Crippen LogP contribution in [-0.2, 0) is 0 Å². The van der Waals surface area contributed by atoms with E-state index in [4.69, 9.17) is 9.47 Å². The lowest BCUT2D eigenvalue weighted by Crippen LogP contribution is -2.13. The van der Waals surface area contributed by atoms with E-state index < -0.39 is 0 Å². The van der Waals surface area contributed by atoms with Crippen molar-refractivity contribution >= 4 is 28.1 Å². The second kappa shape index (κ2) is 9.05. The summed E-state index contributed by atoms with van der Waals surface area (Å²) in [7, 11) is 3.09. The highest BCUT2D eigenvalue weighted by Gasteiger charge is 2.14. The topological polar surface area (TPSA) is 72.5 Å². The van der Waals surface area contributed by atoms with Crippen LogP contribution in [-0.4, -0.2) is 31.7 Å². The van der Waals surface area contributed by atoms with Gasteiger partial charge in [-0.1, -0.05) is 18.2 Å². The van der Waals surface area contributed by atoms with Crippen molar-refractivity contribution in [2.24, 2.45) is 0 Å². The molecule has 144 valence electrons. The number of rotatable bonds is 8. The molecule has 2 aromatic carbocycles. The molecule has 0 bridgehead atoms. The zero-order valence-corrected chi connectivity index (χ0v) is 16.5. The standard InChI is InChI=1S/C21H21N3O3S/c1-4-11-22-21-24-18(13-28-21)14-5-7-15(8-6-14)23-20(25)17-10-9-16(26-2)12-19(17)27-3/h4-10,12-13H,1,11H2,2-3H3,(H,22,24)(H,23,25). The van der Waals surface area contributed by atoms with Crippen LogP contribution in [0, 0.1) is 0 Å². The monoisotopic (exact) mass is 395 g/mol. The Hall–Kier alpha value is -3.32. The summed E-state index contributed by atoms with van der Waals surface area (Å²) >= 11 is 1.54. The summed E-state index contributed by atoms with van der Waals surface area (Å²) in [4.78, 5) is 17.1. The Kier molecular flexibility index (Phi) is 6.29. The van der Waals surface area contributed by atoms with Gasteiger partial charge in [-0.2, -0.15) is 0 Å². The van der Waals surface area contributed by atoms with Gasteiger partial charge in [0.2, 0.25) is 0 Å². The molecule has 1 aromatic heterocycles. The second-order valence-electron chi connectivity index (χ2n) is 5.81. The zero-order valence-electron chi connectivity index (χ0n) is 15.7. The van der Waals surface area contributed by atoms with Crippen LogP contribution in [0.25, 0.3) is 11.3 Å². The van der Waals surface area contributed by atoms with Crippen LogP contribution in [0.4, 0.5) is 10.8 Å². The maximum absolute atomic E-state index is 12.6. The predicted octanol–water partition coefficient (Wildman–Crippen LogP) is 4.68. The van der Waals surface area contributed by atoms with E-state index in [-0.39, 0.29) is 5.91 Å². The van der Waals surface area contributed by atoms with Crippen LogP contribution in [0.2, 0.25) is 0 Å². The van der Waals surface area contributed by atoms with Crippen LogP contribution < -0.4 is 20.1 Å². The molecule has 0 saturated carbocycles. The smallest absolute Gasteiger partial charge is 0.259 e. The fourth-order valence-electron chi connectivity index (χ4n) is 2.56. The van der Waals surface area contributed by atoms with Gasteiger partial charge in [-0.15, -0.1) is 17.9 Å². The number of nitrogens with one attached hydrogen (secondary N) is 2. The quantitative estimate of drug-likeness (QED) is 0.542. The van der Waals surface area contributed by atoms with Crippen molar-refractivity contribution in [3.63, 3.8) is 0 Å². The third-order valence-corrected chi connectivity index (χ3v) is 4.79. The highest BCUT2D eigenvalue weighted by atomic mass is 32.1. The molecule has 0 aliphatic carbocycles. The summed E-state index contributed by atoms with van der Waals surface area (Å²) in [5, 5.41) is 8.89. The van der Waals surface area contributed by atoms with E-state index in [1.54, 1.807) is 31.4 Å². The molecule has 0 fully saturated rings. The van der Waals surface area contributed by atoms with Gasteiger partial charge in [0.1, 0.15) is 11.5 Å². The van der Waals surface area contributed by atoms with E-state index in [1.165, 1.54) is 18.4 Å². The van der Waals surface area contributed by atoms with Gasteiger partial charge in [-0.05, 0) is 24.3 Å². The molecule has 3 rings (SSSR count). The van der Waals surface area contributed by atoms with Crippen molar-refractivity contribution in [1.29, 1.82) is 0 Å². The summed E-state index contributed by atoms with van der Waals surface area (Å²) in [6.45, 7) is 4.35. The number of ether oxygens (including phenoxy) is 2. The fourth-order valence-corrected chi connectivity index (χ4v) is 3.29. The van der Waals surface area contributed by atoms with Crippen molar-refractivity contribution in [3.8, 4) is 22.8 Å². The molecule has 1 amide bonds. The molecule has 0 unspecified atom stereocenters. The number of amides is 1. The van der Waals surface area contributed by atoms with Gasteiger partial charge in [-0.25, -0.2) is 4.98 Å². The Bertz CT molecular complexity index is 967. The molecule has 0 aliphatic heterocycles. The minimum atomic E-state index is -0.253. The van der Waals surface area contributed by atoms with Crippen molar-refractivity contribution < 1.29 is 14.3 Å². The molecular formula is C21H21N3O3S. The predicted molar refractivity (Wildman–Crippen MR) is 114 cm³/mol. The lowest BCUT2D eigenvalue weighted by atomic mass is 10.1. The minimum absolute atomic E-state index is 0.253. The molecular weight excluding hydrogens is 374 g/mol. The summed E-state index contributed by atoms with van der Waals surface area (Å²) < 4.78 is 10.5. The number of carbonyl (C=O) groups is 1. The average Bonchev–Trinajstić information content (AvgIpc) is 3.21. The highest BCUT2D eigenvalue weighted by Crippen LogP contribution is 2.27. The van der Waals surface area contributed by atoms with Crippen LogP contribution in [0.3, 0.4) is 0 Å². The number of thiazole rings is 1. The Morgan fingerprint density at radius 3 is 2.64 bits per heavy atom. The lowest BCUT2D eigenvalue weighted by molar-refractivity contribution is 0.102. The number of anilines is 2. The van der Waals surface area contributed by atoms with Crippen LogP contribution in [0.1, 0.15) is 10.4 Å². The number of benzene rings is 2. The van der Waals surface area contributed by atoms with Crippen molar-refractivity contribution in [3.05, 3.63) is 66.1 Å². The Morgan fingerprint density at radius 1 is 1.18 bits per heavy atom. The molecule has 3 aromatic rings. The molecule has 28 heavy (non-hydrogen) atoms. The molecule has 6 nitrogen and oxygen atoms in total. The minimum Gasteiger partial charge on any atom is -0.497 e. The van der Waals surface area contributed by atoms with E-state index in [2.05, 4.69) is 22.2 Å².